The average Bonchev–Trinajstić information content (AvgIpc) is 2.59. The van der Waals surface area contributed by atoms with Gasteiger partial charge in [0.2, 0.25) is 0 Å². The van der Waals surface area contributed by atoms with Crippen molar-refractivity contribution in [1.82, 2.24) is 0 Å². The molecule has 0 radical (unpaired) electrons. The van der Waals surface area contributed by atoms with Crippen molar-refractivity contribution in [2.75, 3.05) is 6.61 Å². The molecule has 0 saturated heterocycles. The molecule has 0 N–H and O–H groups in total. The highest BCUT2D eigenvalue weighted by Gasteiger charge is 2.39. The Labute approximate surface area is 140 Å². The number of carbonyl (C=O) groups excluding carboxylic acids is 1. The summed E-state index contributed by atoms with van der Waals surface area (Å²) in [6, 6.07) is 8.94. The van der Waals surface area contributed by atoms with Gasteiger partial charge in [-0.2, -0.15) is 0 Å². The fourth-order valence-electron chi connectivity index (χ4n) is 4.35. The molecule has 2 aliphatic rings. The molecule has 2 unspecified atom stereocenters. The second kappa shape index (κ2) is 7.61. The summed E-state index contributed by atoms with van der Waals surface area (Å²) in [4.78, 5) is 12.2. The van der Waals surface area contributed by atoms with Gasteiger partial charge in [0.05, 0.1) is 6.10 Å². The van der Waals surface area contributed by atoms with E-state index in [1.165, 1.54) is 36.8 Å². The van der Waals surface area contributed by atoms with Crippen molar-refractivity contribution in [3.05, 3.63) is 35.4 Å². The van der Waals surface area contributed by atoms with Gasteiger partial charge in [0.15, 0.2) is 0 Å². The number of benzene rings is 1. The fraction of sp³-hybridized carbons (Fsp3) is 0.667. The maximum absolute atomic E-state index is 12.2. The second-order valence-corrected chi connectivity index (χ2v) is 7.27. The Kier molecular flexibility index (Phi) is 5.53. The van der Waals surface area contributed by atoms with E-state index >= 15 is 0 Å². The van der Waals surface area contributed by atoms with E-state index in [2.05, 4.69) is 38.1 Å². The van der Waals surface area contributed by atoms with E-state index in [4.69, 9.17) is 4.74 Å². The zero-order valence-electron chi connectivity index (χ0n) is 14.6. The minimum Gasteiger partial charge on any atom is -0.379 e. The molecule has 0 amide bonds. The van der Waals surface area contributed by atoms with E-state index in [-0.39, 0.29) is 5.92 Å². The smallest absolute Gasteiger partial charge is 0.143 e. The van der Waals surface area contributed by atoms with Gasteiger partial charge < -0.3 is 4.74 Å². The van der Waals surface area contributed by atoms with Crippen LogP contribution in [0.5, 0.6) is 0 Å². The molecule has 126 valence electrons. The third-order valence-electron chi connectivity index (χ3n) is 5.79. The summed E-state index contributed by atoms with van der Waals surface area (Å²) in [6.45, 7) is 5.08. The third kappa shape index (κ3) is 3.68. The Morgan fingerprint density at radius 2 is 1.65 bits per heavy atom. The van der Waals surface area contributed by atoms with Crippen LogP contribution >= 0.6 is 0 Å². The molecule has 0 bridgehead atoms. The fourth-order valence-corrected chi connectivity index (χ4v) is 4.35. The van der Waals surface area contributed by atoms with Crippen molar-refractivity contribution >= 4 is 5.78 Å². The Hall–Kier alpha value is -1.15. The summed E-state index contributed by atoms with van der Waals surface area (Å²) >= 11 is 0. The summed E-state index contributed by atoms with van der Waals surface area (Å²) in [7, 11) is 0. The van der Waals surface area contributed by atoms with Crippen LogP contribution in [-0.2, 0) is 9.53 Å². The molecule has 2 atom stereocenters. The first kappa shape index (κ1) is 16.7. The highest BCUT2D eigenvalue weighted by atomic mass is 16.5. The zero-order valence-corrected chi connectivity index (χ0v) is 14.6. The topological polar surface area (TPSA) is 26.3 Å². The van der Waals surface area contributed by atoms with Crippen molar-refractivity contribution in [2.45, 2.75) is 76.7 Å². The number of ether oxygens (including phenoxy) is 1. The predicted molar refractivity (Wildman–Crippen MR) is 93.8 cm³/mol. The molecule has 23 heavy (non-hydrogen) atoms. The molecule has 1 aromatic carbocycles. The minimum absolute atomic E-state index is 0.175. The van der Waals surface area contributed by atoms with E-state index < -0.39 is 0 Å². The zero-order chi connectivity index (χ0) is 16.2. The van der Waals surface area contributed by atoms with Crippen LogP contribution in [0.4, 0.5) is 0 Å². The molecule has 2 nitrogen and oxygen atoms in total. The SMILES string of the molecule is CCCC1CC(c2ccc(C3CCC(OCC)CC3)cc2)C1=O. The van der Waals surface area contributed by atoms with Crippen molar-refractivity contribution in [2.24, 2.45) is 5.92 Å². The van der Waals surface area contributed by atoms with Gasteiger partial charge in [-0.3, -0.25) is 4.79 Å². The monoisotopic (exact) mass is 314 g/mol. The van der Waals surface area contributed by atoms with E-state index in [0.717, 1.165) is 25.9 Å². The van der Waals surface area contributed by atoms with Gasteiger partial charge >= 0.3 is 0 Å². The second-order valence-electron chi connectivity index (χ2n) is 7.27. The van der Waals surface area contributed by atoms with Gasteiger partial charge in [0, 0.05) is 18.4 Å². The molecule has 2 saturated carbocycles. The lowest BCUT2D eigenvalue weighted by molar-refractivity contribution is -0.132. The van der Waals surface area contributed by atoms with Crippen molar-refractivity contribution in [3.8, 4) is 0 Å². The Balaban J connectivity index is 1.55. The van der Waals surface area contributed by atoms with Gasteiger partial charge in [-0.15, -0.1) is 0 Å². The number of hydrogen-bond acceptors (Lipinski definition) is 2. The minimum atomic E-state index is 0.175. The van der Waals surface area contributed by atoms with Gasteiger partial charge in [0.25, 0.3) is 0 Å². The number of hydrogen-bond donors (Lipinski definition) is 0. The molecular formula is C21H30O2. The van der Waals surface area contributed by atoms with Crippen molar-refractivity contribution in [3.63, 3.8) is 0 Å². The summed E-state index contributed by atoms with van der Waals surface area (Å²) in [5, 5.41) is 0. The molecule has 0 heterocycles. The normalized spacial score (nSPS) is 31.0. The maximum atomic E-state index is 12.2. The molecule has 1 aromatic rings. The number of Topliss-reactive ketones (excluding diaryl/α,β-unsaturated/α-hetero) is 1. The lowest BCUT2D eigenvalue weighted by Gasteiger charge is -2.34. The molecule has 2 heteroatoms. The highest BCUT2D eigenvalue weighted by molar-refractivity contribution is 5.93. The molecule has 0 spiro atoms. The number of carbonyl (C=O) groups is 1. The largest absolute Gasteiger partial charge is 0.379 e. The van der Waals surface area contributed by atoms with Gasteiger partial charge in [-0.05, 0) is 62.5 Å². The summed E-state index contributed by atoms with van der Waals surface area (Å²) in [5.74, 6) is 1.65. The number of rotatable bonds is 6. The van der Waals surface area contributed by atoms with Crippen LogP contribution in [0.2, 0.25) is 0 Å². The van der Waals surface area contributed by atoms with Gasteiger partial charge in [0.1, 0.15) is 5.78 Å². The van der Waals surface area contributed by atoms with E-state index in [1.54, 1.807) is 0 Å². The Morgan fingerprint density at radius 1 is 1.00 bits per heavy atom. The first-order chi connectivity index (χ1) is 11.2. The standard InChI is InChI=1S/C21H30O2/c1-3-5-18-14-20(21(18)22)17-8-6-15(7-9-17)16-10-12-19(13-11-16)23-4-2/h6-9,16,18-20H,3-5,10-14H2,1-2H3. The van der Waals surface area contributed by atoms with Crippen LogP contribution in [0.3, 0.4) is 0 Å². The lowest BCUT2D eigenvalue weighted by Crippen LogP contribution is -2.35. The van der Waals surface area contributed by atoms with Crippen molar-refractivity contribution < 1.29 is 9.53 Å². The van der Waals surface area contributed by atoms with Gasteiger partial charge in [-0.1, -0.05) is 37.6 Å². The van der Waals surface area contributed by atoms with Gasteiger partial charge in [-0.25, -0.2) is 0 Å². The third-order valence-corrected chi connectivity index (χ3v) is 5.79. The van der Waals surface area contributed by atoms with Crippen LogP contribution in [-0.4, -0.2) is 18.5 Å². The summed E-state index contributed by atoms with van der Waals surface area (Å²) in [6.07, 6.45) is 8.53. The Morgan fingerprint density at radius 3 is 2.22 bits per heavy atom. The van der Waals surface area contributed by atoms with E-state index in [0.29, 0.717) is 23.7 Å². The van der Waals surface area contributed by atoms with Crippen LogP contribution < -0.4 is 0 Å². The number of ketones is 1. The lowest BCUT2D eigenvalue weighted by atomic mass is 9.68. The molecule has 3 rings (SSSR count). The average molecular weight is 314 g/mol. The first-order valence-corrected chi connectivity index (χ1v) is 9.48. The van der Waals surface area contributed by atoms with E-state index in [9.17, 15) is 4.79 Å². The maximum Gasteiger partial charge on any atom is 0.143 e. The quantitative estimate of drug-likeness (QED) is 0.719. The Bertz CT molecular complexity index is 511. The van der Waals surface area contributed by atoms with Crippen molar-refractivity contribution in [1.29, 1.82) is 0 Å². The molecule has 2 fully saturated rings. The molecular weight excluding hydrogens is 284 g/mol. The summed E-state index contributed by atoms with van der Waals surface area (Å²) in [5.41, 5.74) is 2.68. The highest BCUT2D eigenvalue weighted by Crippen LogP contribution is 2.41. The molecule has 0 aliphatic heterocycles. The molecule has 2 aliphatic carbocycles. The first-order valence-electron chi connectivity index (χ1n) is 9.48. The van der Waals surface area contributed by atoms with Crippen LogP contribution in [0.15, 0.2) is 24.3 Å². The predicted octanol–water partition coefficient (Wildman–Crippen LogP) is 5.22. The molecule has 0 aromatic heterocycles. The van der Waals surface area contributed by atoms with E-state index in [1.807, 2.05) is 0 Å². The van der Waals surface area contributed by atoms with Crippen LogP contribution in [0, 0.1) is 5.92 Å². The summed E-state index contributed by atoms with van der Waals surface area (Å²) < 4.78 is 5.74. The van der Waals surface area contributed by atoms with Crippen LogP contribution in [0.1, 0.15) is 81.8 Å². The van der Waals surface area contributed by atoms with Crippen LogP contribution in [0.25, 0.3) is 0 Å².